The van der Waals surface area contributed by atoms with Gasteiger partial charge in [-0.2, -0.15) is 5.26 Å². The Morgan fingerprint density at radius 2 is 1.87 bits per heavy atom. The van der Waals surface area contributed by atoms with E-state index in [-0.39, 0.29) is 17.2 Å². The van der Waals surface area contributed by atoms with E-state index < -0.39 is 6.10 Å². The average Bonchev–Trinajstić information content (AvgIpc) is 2.75. The molecule has 0 aliphatic carbocycles. The van der Waals surface area contributed by atoms with E-state index in [0.29, 0.717) is 31.1 Å². The maximum Gasteiger partial charge on any atom is 0.261 e. The summed E-state index contributed by atoms with van der Waals surface area (Å²) in [5.41, 5.74) is 1.13. The fourth-order valence-electron chi connectivity index (χ4n) is 3.27. The molecule has 0 bridgehead atoms. The van der Waals surface area contributed by atoms with E-state index in [1.54, 1.807) is 24.3 Å². The normalized spacial score (nSPS) is 14.0. The maximum atomic E-state index is 12.9. The monoisotopic (exact) mass is 408 g/mol. The van der Waals surface area contributed by atoms with Gasteiger partial charge in [-0.1, -0.05) is 45.9 Å². The molecule has 0 spiro atoms. The minimum Gasteiger partial charge on any atom is -0.486 e. The highest BCUT2D eigenvalue weighted by atomic mass is 16.6. The minimum atomic E-state index is -0.699. The van der Waals surface area contributed by atoms with Crippen molar-refractivity contribution in [3.05, 3.63) is 53.6 Å². The van der Waals surface area contributed by atoms with Crippen LogP contribution in [0, 0.1) is 17.2 Å². The molecule has 1 amide bonds. The first kappa shape index (κ1) is 21.5. The zero-order valence-corrected chi connectivity index (χ0v) is 17.9. The van der Waals surface area contributed by atoms with Gasteiger partial charge in [0.25, 0.3) is 5.91 Å². The van der Waals surface area contributed by atoms with Crippen molar-refractivity contribution in [2.45, 2.75) is 39.2 Å². The number of hydrogen-bond acceptors (Lipinski definition) is 5. The van der Waals surface area contributed by atoms with Crippen molar-refractivity contribution in [1.29, 1.82) is 5.26 Å². The Balaban J connectivity index is 1.69. The van der Waals surface area contributed by atoms with Gasteiger partial charge in [0.05, 0.1) is 5.56 Å². The fourth-order valence-corrected chi connectivity index (χ4v) is 3.27. The summed E-state index contributed by atoms with van der Waals surface area (Å²) in [5.74, 6) is 1.63. The molecule has 1 aliphatic rings. The van der Waals surface area contributed by atoms with Gasteiger partial charge in [-0.3, -0.25) is 4.79 Å². The molecule has 30 heavy (non-hydrogen) atoms. The van der Waals surface area contributed by atoms with Crippen LogP contribution in [-0.4, -0.2) is 31.8 Å². The SMILES string of the molecule is CC(C)C(Oc1ccccc1C#N)C(=O)NCC(C)(C)c1ccc2c(c1)OCCO2. The van der Waals surface area contributed by atoms with Crippen LogP contribution in [0.2, 0.25) is 0 Å². The van der Waals surface area contributed by atoms with E-state index in [1.165, 1.54) is 0 Å². The Morgan fingerprint density at radius 3 is 2.57 bits per heavy atom. The van der Waals surface area contributed by atoms with Gasteiger partial charge < -0.3 is 19.5 Å². The Bertz CT molecular complexity index is 946. The van der Waals surface area contributed by atoms with Gasteiger partial charge in [-0.05, 0) is 35.7 Å². The highest BCUT2D eigenvalue weighted by molar-refractivity contribution is 5.81. The lowest BCUT2D eigenvalue weighted by Gasteiger charge is -2.29. The van der Waals surface area contributed by atoms with Gasteiger partial charge in [0.1, 0.15) is 25.0 Å². The summed E-state index contributed by atoms with van der Waals surface area (Å²) >= 11 is 0. The average molecular weight is 408 g/mol. The Morgan fingerprint density at radius 1 is 1.17 bits per heavy atom. The molecule has 1 aliphatic heterocycles. The van der Waals surface area contributed by atoms with Crippen molar-refractivity contribution >= 4 is 5.91 Å². The van der Waals surface area contributed by atoms with E-state index in [4.69, 9.17) is 14.2 Å². The molecular formula is C24H28N2O4. The number of carbonyl (C=O) groups excluding carboxylic acids is 1. The number of amides is 1. The highest BCUT2D eigenvalue weighted by Crippen LogP contribution is 2.35. The molecule has 0 aromatic heterocycles. The molecule has 0 fully saturated rings. The summed E-state index contributed by atoms with van der Waals surface area (Å²) in [6.07, 6.45) is -0.699. The molecular weight excluding hydrogens is 380 g/mol. The molecule has 0 saturated carbocycles. The molecule has 2 aromatic carbocycles. The number of nitrogens with zero attached hydrogens (tertiary/aromatic N) is 1. The van der Waals surface area contributed by atoms with E-state index in [1.807, 2.05) is 32.0 Å². The second-order valence-electron chi connectivity index (χ2n) is 8.35. The first-order valence-corrected chi connectivity index (χ1v) is 10.2. The lowest BCUT2D eigenvalue weighted by molar-refractivity contribution is -0.130. The predicted molar refractivity (Wildman–Crippen MR) is 114 cm³/mol. The van der Waals surface area contributed by atoms with Crippen LogP contribution in [0.4, 0.5) is 0 Å². The fraction of sp³-hybridized carbons (Fsp3) is 0.417. The number of nitriles is 1. The lowest BCUT2D eigenvalue weighted by Crippen LogP contribution is -2.46. The second-order valence-corrected chi connectivity index (χ2v) is 8.35. The number of rotatable bonds is 7. The second kappa shape index (κ2) is 9.08. The first-order chi connectivity index (χ1) is 14.3. The standard InChI is InChI=1S/C24H28N2O4/c1-16(2)22(30-19-8-6-5-7-17(19)14-25)23(27)26-15-24(3,4)18-9-10-20-21(13-18)29-12-11-28-20/h5-10,13,16,22H,11-12,15H2,1-4H3,(H,26,27). The van der Waals surface area contributed by atoms with Crippen LogP contribution in [0.25, 0.3) is 0 Å². The molecule has 0 saturated heterocycles. The smallest absolute Gasteiger partial charge is 0.261 e. The van der Waals surface area contributed by atoms with Gasteiger partial charge >= 0.3 is 0 Å². The largest absolute Gasteiger partial charge is 0.486 e. The number of ether oxygens (including phenoxy) is 3. The van der Waals surface area contributed by atoms with Crippen LogP contribution in [-0.2, 0) is 10.2 Å². The third-order valence-electron chi connectivity index (χ3n) is 5.15. The first-order valence-electron chi connectivity index (χ1n) is 10.2. The van der Waals surface area contributed by atoms with Gasteiger partial charge in [0, 0.05) is 12.0 Å². The van der Waals surface area contributed by atoms with Crippen molar-refractivity contribution in [3.63, 3.8) is 0 Å². The van der Waals surface area contributed by atoms with Crippen molar-refractivity contribution in [2.75, 3.05) is 19.8 Å². The van der Waals surface area contributed by atoms with Crippen molar-refractivity contribution in [2.24, 2.45) is 5.92 Å². The van der Waals surface area contributed by atoms with Crippen molar-refractivity contribution in [3.8, 4) is 23.3 Å². The summed E-state index contributed by atoms with van der Waals surface area (Å²) in [6, 6.07) is 14.9. The molecule has 3 rings (SSSR count). The summed E-state index contributed by atoms with van der Waals surface area (Å²) in [5, 5.41) is 12.3. The molecule has 6 nitrogen and oxygen atoms in total. The number of hydrogen-bond donors (Lipinski definition) is 1. The molecule has 0 radical (unpaired) electrons. The van der Waals surface area contributed by atoms with Gasteiger partial charge in [-0.25, -0.2) is 0 Å². The van der Waals surface area contributed by atoms with Gasteiger partial charge in [0.15, 0.2) is 17.6 Å². The van der Waals surface area contributed by atoms with Crippen LogP contribution < -0.4 is 19.5 Å². The molecule has 1 N–H and O–H groups in total. The van der Waals surface area contributed by atoms with Crippen molar-refractivity contribution in [1.82, 2.24) is 5.32 Å². The summed E-state index contributed by atoms with van der Waals surface area (Å²) < 4.78 is 17.2. The van der Waals surface area contributed by atoms with Crippen LogP contribution in [0.5, 0.6) is 17.2 Å². The van der Waals surface area contributed by atoms with E-state index in [9.17, 15) is 10.1 Å². The Kier molecular flexibility index (Phi) is 6.51. The molecule has 1 atom stereocenters. The predicted octanol–water partition coefficient (Wildman–Crippen LogP) is 3.83. The topological polar surface area (TPSA) is 80.6 Å². The molecule has 158 valence electrons. The quantitative estimate of drug-likeness (QED) is 0.753. The summed E-state index contributed by atoms with van der Waals surface area (Å²) in [4.78, 5) is 12.9. The Labute approximate surface area is 177 Å². The zero-order valence-electron chi connectivity index (χ0n) is 17.9. The van der Waals surface area contributed by atoms with E-state index >= 15 is 0 Å². The number of para-hydroxylation sites is 1. The van der Waals surface area contributed by atoms with Gasteiger partial charge in [0.2, 0.25) is 0 Å². The maximum absolute atomic E-state index is 12.9. The number of nitrogens with one attached hydrogen (secondary N) is 1. The zero-order chi connectivity index (χ0) is 21.7. The number of fused-ring (bicyclic) bond motifs is 1. The van der Waals surface area contributed by atoms with Gasteiger partial charge in [-0.15, -0.1) is 0 Å². The van der Waals surface area contributed by atoms with Crippen molar-refractivity contribution < 1.29 is 19.0 Å². The van der Waals surface area contributed by atoms with Crippen LogP contribution in [0.1, 0.15) is 38.8 Å². The molecule has 2 aromatic rings. The molecule has 6 heteroatoms. The van der Waals surface area contributed by atoms with Crippen LogP contribution in [0.3, 0.4) is 0 Å². The van der Waals surface area contributed by atoms with E-state index in [0.717, 1.165) is 17.1 Å². The summed E-state index contributed by atoms with van der Waals surface area (Å²) in [7, 11) is 0. The Hall–Kier alpha value is -3.20. The molecule has 1 unspecified atom stereocenters. The third kappa shape index (κ3) is 4.85. The lowest BCUT2D eigenvalue weighted by atomic mass is 9.84. The number of carbonyl (C=O) groups is 1. The van der Waals surface area contributed by atoms with E-state index in [2.05, 4.69) is 25.2 Å². The van der Waals surface area contributed by atoms with Crippen LogP contribution in [0.15, 0.2) is 42.5 Å². The van der Waals surface area contributed by atoms with Crippen LogP contribution >= 0.6 is 0 Å². The minimum absolute atomic E-state index is 0.0610. The highest BCUT2D eigenvalue weighted by Gasteiger charge is 2.29. The third-order valence-corrected chi connectivity index (χ3v) is 5.15. The summed E-state index contributed by atoms with van der Waals surface area (Å²) in [6.45, 7) is 9.49. The molecule has 1 heterocycles. The number of benzene rings is 2.